The van der Waals surface area contributed by atoms with Gasteiger partial charge in [-0.05, 0) is 22.6 Å². The number of esters is 1. The van der Waals surface area contributed by atoms with Crippen LogP contribution in [0, 0.1) is 0 Å². The SMILES string of the molecule is N[C@@H]1C(=O)N2C(C(=O)OC(c3ccccc3)c3ccccc3)=C(S/C=C/c3cn[nH]c3)CS[C@@H]12. The van der Waals surface area contributed by atoms with E-state index in [1.807, 2.05) is 72.1 Å². The van der Waals surface area contributed by atoms with Crippen molar-refractivity contribution < 1.29 is 14.3 Å². The largest absolute Gasteiger partial charge is 0.448 e. The van der Waals surface area contributed by atoms with Crippen LogP contribution in [0.15, 0.2) is 89.1 Å². The maximum absolute atomic E-state index is 13.6. The molecule has 0 unspecified atom stereocenters. The predicted octanol–water partition coefficient (Wildman–Crippen LogP) is 3.90. The van der Waals surface area contributed by atoms with Crippen LogP contribution in [-0.4, -0.2) is 44.1 Å². The smallest absolute Gasteiger partial charge is 0.356 e. The number of ether oxygens (including phenoxy) is 1. The van der Waals surface area contributed by atoms with Crippen molar-refractivity contribution in [3.05, 3.63) is 106 Å². The fourth-order valence-electron chi connectivity index (χ4n) is 3.86. The zero-order valence-electron chi connectivity index (χ0n) is 18.0. The molecular formula is C25H22N4O3S2. The van der Waals surface area contributed by atoms with Gasteiger partial charge in [0.2, 0.25) is 5.91 Å². The fraction of sp³-hybridized carbons (Fsp3) is 0.160. The highest BCUT2D eigenvalue weighted by Crippen LogP contribution is 2.44. The molecule has 2 aliphatic rings. The lowest BCUT2D eigenvalue weighted by atomic mass is 10.0. The Kier molecular flexibility index (Phi) is 6.57. The zero-order valence-corrected chi connectivity index (χ0v) is 19.7. The van der Waals surface area contributed by atoms with Gasteiger partial charge in [-0.15, -0.1) is 11.8 Å². The van der Waals surface area contributed by atoms with Gasteiger partial charge < -0.3 is 10.5 Å². The molecular weight excluding hydrogens is 468 g/mol. The molecule has 0 radical (unpaired) electrons. The molecule has 2 atom stereocenters. The Bertz CT molecular complexity index is 1190. The van der Waals surface area contributed by atoms with Crippen LogP contribution in [-0.2, 0) is 14.3 Å². The minimum atomic E-state index is -0.611. The average molecular weight is 491 g/mol. The lowest BCUT2D eigenvalue weighted by Gasteiger charge is -2.48. The third-order valence-electron chi connectivity index (χ3n) is 5.59. The first-order valence-electron chi connectivity index (χ1n) is 10.7. The number of aromatic nitrogens is 2. The standard InChI is InChI=1S/C25H22N4O3S2/c26-20-23(30)29-21(19(15-34-24(20)29)33-12-11-16-13-27-28-14-16)25(31)32-22(17-7-3-1-4-8-17)18-9-5-2-6-10-18/h1-14,20,22,24H,15,26H2,(H,27,28)/b12-11+/t20-,24+/m1/s1. The summed E-state index contributed by atoms with van der Waals surface area (Å²) in [6.45, 7) is 0. The Balaban J connectivity index is 1.47. The second kappa shape index (κ2) is 9.92. The number of nitrogens with two attached hydrogens (primary N) is 1. The number of benzene rings is 2. The van der Waals surface area contributed by atoms with Crippen LogP contribution in [0.4, 0.5) is 0 Å². The first-order valence-corrected chi connectivity index (χ1v) is 12.6. The highest BCUT2D eigenvalue weighted by Gasteiger charge is 2.52. The molecule has 1 amide bonds. The van der Waals surface area contributed by atoms with Crippen LogP contribution >= 0.6 is 23.5 Å². The van der Waals surface area contributed by atoms with E-state index in [2.05, 4.69) is 10.2 Å². The monoisotopic (exact) mass is 490 g/mol. The van der Waals surface area contributed by atoms with Crippen molar-refractivity contribution in [2.24, 2.45) is 5.73 Å². The van der Waals surface area contributed by atoms with Crippen LogP contribution < -0.4 is 5.73 Å². The number of β-lactam (4-membered cyclic amide) rings is 1. The molecule has 2 aliphatic heterocycles. The number of amides is 1. The van der Waals surface area contributed by atoms with Gasteiger partial charge in [0, 0.05) is 22.4 Å². The van der Waals surface area contributed by atoms with Crippen molar-refractivity contribution >= 4 is 41.5 Å². The highest BCUT2D eigenvalue weighted by molar-refractivity contribution is 8.08. The van der Waals surface area contributed by atoms with Gasteiger partial charge in [-0.25, -0.2) is 4.79 Å². The number of carbonyl (C=O) groups excluding carboxylic acids is 2. The molecule has 3 aromatic rings. The molecule has 3 heterocycles. The molecule has 0 bridgehead atoms. The number of nitrogens with zero attached hydrogens (tertiary/aromatic N) is 2. The van der Waals surface area contributed by atoms with Crippen molar-refractivity contribution in [1.29, 1.82) is 0 Å². The molecule has 9 heteroatoms. The molecule has 0 saturated carbocycles. The summed E-state index contributed by atoms with van der Waals surface area (Å²) < 4.78 is 6.09. The summed E-state index contributed by atoms with van der Waals surface area (Å²) in [4.78, 5) is 28.5. The lowest BCUT2D eigenvalue weighted by molar-refractivity contribution is -0.152. The van der Waals surface area contributed by atoms with Gasteiger partial charge >= 0.3 is 5.97 Å². The number of thioether (sulfide) groups is 2. The normalized spacial score (nSPS) is 19.9. The van der Waals surface area contributed by atoms with Gasteiger partial charge in [0.25, 0.3) is 0 Å². The summed E-state index contributed by atoms with van der Waals surface area (Å²) in [5, 5.41) is 8.31. The van der Waals surface area contributed by atoms with E-state index in [0.717, 1.165) is 21.6 Å². The summed E-state index contributed by atoms with van der Waals surface area (Å²) in [5.74, 6) is -0.242. The summed E-state index contributed by atoms with van der Waals surface area (Å²) >= 11 is 2.95. The van der Waals surface area contributed by atoms with Crippen LogP contribution in [0.5, 0.6) is 0 Å². The van der Waals surface area contributed by atoms with Crippen molar-refractivity contribution in [3.63, 3.8) is 0 Å². The summed E-state index contributed by atoms with van der Waals surface area (Å²) in [7, 11) is 0. The number of H-pyrrole nitrogens is 1. The molecule has 1 aromatic heterocycles. The average Bonchev–Trinajstić information content (AvgIpc) is 3.41. The molecule has 172 valence electrons. The van der Waals surface area contributed by atoms with Gasteiger partial charge in [-0.1, -0.05) is 72.4 Å². The maximum atomic E-state index is 13.6. The number of rotatable bonds is 7. The van der Waals surface area contributed by atoms with E-state index in [4.69, 9.17) is 10.5 Å². The first kappa shape index (κ1) is 22.5. The molecule has 1 saturated heterocycles. The second-order valence-electron chi connectivity index (χ2n) is 7.77. The molecule has 34 heavy (non-hydrogen) atoms. The number of fused-ring (bicyclic) bond motifs is 1. The molecule has 1 fully saturated rings. The van der Waals surface area contributed by atoms with Crippen molar-refractivity contribution in [2.75, 3.05) is 5.75 Å². The van der Waals surface area contributed by atoms with E-state index in [1.54, 1.807) is 24.2 Å². The summed E-state index contributed by atoms with van der Waals surface area (Å²) in [6.07, 6.45) is 4.76. The number of nitrogens with one attached hydrogen (secondary N) is 1. The number of hydrogen-bond donors (Lipinski definition) is 2. The number of hydrogen-bond acceptors (Lipinski definition) is 7. The minimum Gasteiger partial charge on any atom is -0.448 e. The van der Waals surface area contributed by atoms with Crippen molar-refractivity contribution in [1.82, 2.24) is 15.1 Å². The van der Waals surface area contributed by atoms with Crippen molar-refractivity contribution in [3.8, 4) is 0 Å². The Morgan fingerprint density at radius 2 is 1.85 bits per heavy atom. The third-order valence-corrected chi connectivity index (χ3v) is 7.97. The van der Waals surface area contributed by atoms with Crippen LogP contribution in [0.2, 0.25) is 0 Å². The predicted molar refractivity (Wildman–Crippen MR) is 134 cm³/mol. The third kappa shape index (κ3) is 4.42. The summed E-state index contributed by atoms with van der Waals surface area (Å²) in [6, 6.07) is 18.5. The van der Waals surface area contributed by atoms with Crippen LogP contribution in [0.1, 0.15) is 22.8 Å². The van der Waals surface area contributed by atoms with Crippen LogP contribution in [0.3, 0.4) is 0 Å². The molecule has 0 aliphatic carbocycles. The first-order chi connectivity index (χ1) is 16.6. The van der Waals surface area contributed by atoms with E-state index in [0.29, 0.717) is 5.75 Å². The Morgan fingerprint density at radius 1 is 1.18 bits per heavy atom. The van der Waals surface area contributed by atoms with Crippen LogP contribution in [0.25, 0.3) is 6.08 Å². The fourth-order valence-corrected chi connectivity index (χ4v) is 6.16. The zero-order chi connectivity index (χ0) is 23.5. The second-order valence-corrected chi connectivity index (χ2v) is 9.87. The Labute approximate surface area is 205 Å². The van der Waals surface area contributed by atoms with Crippen molar-refractivity contribution in [2.45, 2.75) is 17.5 Å². The van der Waals surface area contributed by atoms with Gasteiger partial charge in [0.05, 0.1) is 6.20 Å². The van der Waals surface area contributed by atoms with Gasteiger partial charge in [-0.3, -0.25) is 14.8 Å². The van der Waals surface area contributed by atoms with E-state index < -0.39 is 18.1 Å². The van der Waals surface area contributed by atoms with Gasteiger partial charge in [-0.2, -0.15) is 5.10 Å². The van der Waals surface area contributed by atoms with Gasteiger partial charge in [0.15, 0.2) is 6.10 Å². The minimum absolute atomic E-state index is 0.260. The maximum Gasteiger partial charge on any atom is 0.356 e. The molecule has 0 spiro atoms. The number of carbonyl (C=O) groups is 2. The van der Waals surface area contributed by atoms with Gasteiger partial charge in [0.1, 0.15) is 17.1 Å². The Morgan fingerprint density at radius 3 is 2.47 bits per heavy atom. The quantitative estimate of drug-likeness (QED) is 0.383. The topological polar surface area (TPSA) is 101 Å². The number of aromatic amines is 1. The molecule has 5 rings (SSSR count). The molecule has 7 nitrogen and oxygen atoms in total. The molecule has 2 aromatic carbocycles. The van der Waals surface area contributed by atoms with E-state index in [-0.39, 0.29) is 17.0 Å². The van der Waals surface area contributed by atoms with E-state index in [9.17, 15) is 9.59 Å². The lowest BCUT2D eigenvalue weighted by Crippen LogP contribution is -2.68. The van der Waals surface area contributed by atoms with E-state index in [1.165, 1.54) is 16.7 Å². The highest BCUT2D eigenvalue weighted by atomic mass is 32.2. The Hall–Kier alpha value is -3.27. The van der Waals surface area contributed by atoms with E-state index >= 15 is 0 Å². The molecule has 3 N–H and O–H groups in total. The summed E-state index contributed by atoms with van der Waals surface area (Å²) in [5.41, 5.74) is 8.90.